The fourth-order valence-electron chi connectivity index (χ4n) is 14.3. The van der Waals surface area contributed by atoms with Crippen molar-refractivity contribution in [2.45, 2.75) is 218 Å². The van der Waals surface area contributed by atoms with Crippen LogP contribution in [0.2, 0.25) is 0 Å². The zero-order chi connectivity index (χ0) is 73.6. The van der Waals surface area contributed by atoms with Crippen LogP contribution in [0.25, 0.3) is 56.3 Å². The van der Waals surface area contributed by atoms with Crippen LogP contribution in [-0.4, -0.2) is 0 Å². The van der Waals surface area contributed by atoms with Crippen molar-refractivity contribution in [3.63, 3.8) is 0 Å². The summed E-state index contributed by atoms with van der Waals surface area (Å²) in [5.41, 5.74) is 30.1. The van der Waals surface area contributed by atoms with Crippen LogP contribution in [-0.2, 0) is 35.2 Å². The van der Waals surface area contributed by atoms with Gasteiger partial charge in [-0.15, -0.1) is 0 Å². The van der Waals surface area contributed by atoms with Crippen LogP contribution in [0.4, 0.5) is 0 Å². The van der Waals surface area contributed by atoms with Crippen LogP contribution in [0.5, 0.6) is 0 Å². The summed E-state index contributed by atoms with van der Waals surface area (Å²) >= 11 is 0. The first-order valence-electron chi connectivity index (χ1n) is 38.1. The van der Waals surface area contributed by atoms with Gasteiger partial charge in [0.25, 0.3) is 0 Å². The van der Waals surface area contributed by atoms with Crippen molar-refractivity contribution < 1.29 is 25.6 Å². The van der Waals surface area contributed by atoms with Gasteiger partial charge in [0.05, 0.1) is 0 Å². The predicted molar refractivity (Wildman–Crippen MR) is 420 cm³/mol. The summed E-state index contributed by atoms with van der Waals surface area (Å²) in [6.07, 6.45) is 21.6. The van der Waals surface area contributed by atoms with Gasteiger partial charge < -0.3 is 0 Å². The molecule has 10 rings (SSSR count). The van der Waals surface area contributed by atoms with Crippen LogP contribution in [0.15, 0.2) is 195 Å². The van der Waals surface area contributed by atoms with E-state index in [4.69, 9.17) is 2.74 Å². The molecule has 10 aromatic rings. The van der Waals surface area contributed by atoms with E-state index in [1.54, 1.807) is 0 Å². The highest BCUT2D eigenvalue weighted by Gasteiger charge is 2.24. The van der Waals surface area contributed by atoms with Gasteiger partial charge in [0.1, 0.15) is 35.2 Å². The maximum absolute atomic E-state index is 8.70. The van der Waals surface area contributed by atoms with Crippen LogP contribution in [0.1, 0.15) is 238 Å². The zero-order valence-corrected chi connectivity index (χ0v) is 65.0. The summed E-state index contributed by atoms with van der Waals surface area (Å²) < 4.78 is 28.4. The van der Waals surface area contributed by atoms with Crippen LogP contribution < -0.4 is 22.8 Å². The molecular weight excluding hydrogens is 1190 g/mol. The van der Waals surface area contributed by atoms with E-state index in [-0.39, 0.29) is 0 Å². The second-order valence-corrected chi connectivity index (χ2v) is 27.3. The number of aromatic nitrogens is 5. The van der Waals surface area contributed by atoms with Crippen LogP contribution >= 0.6 is 0 Å². The highest BCUT2D eigenvalue weighted by Crippen LogP contribution is 2.34. The van der Waals surface area contributed by atoms with Crippen molar-refractivity contribution in [3.8, 4) is 56.3 Å². The van der Waals surface area contributed by atoms with Crippen molar-refractivity contribution in [3.05, 3.63) is 267 Å². The second kappa shape index (κ2) is 38.9. The molecular formula is C93H126N5+5. The lowest BCUT2D eigenvalue weighted by atomic mass is 9.90. The minimum Gasteiger partial charge on any atom is -0.201 e. The molecule has 0 unspecified atom stereocenters. The molecule has 0 spiro atoms. The predicted octanol–water partition coefficient (Wildman–Crippen LogP) is 22.9. The Kier molecular flexibility index (Phi) is 30.0. The Morgan fingerprint density at radius 3 is 0.888 bits per heavy atom. The quantitative estimate of drug-likeness (QED) is 0.0678. The van der Waals surface area contributed by atoms with Gasteiger partial charge in [-0.05, 0) is 235 Å². The topological polar surface area (TPSA) is 19.4 Å². The van der Waals surface area contributed by atoms with Gasteiger partial charge in [-0.2, -0.15) is 0 Å². The second-order valence-electron chi connectivity index (χ2n) is 27.3. The highest BCUT2D eigenvalue weighted by atomic mass is 14.9. The monoisotopic (exact) mass is 1320 g/mol. The fourth-order valence-corrected chi connectivity index (χ4v) is 14.3. The SMILES string of the molecule is CCC(CC)c1c[n+](C)c(-c2ccccc2C)cc1C.CCC(CC)c1cc(-c2ccccc2C)[n+](C)cc1C.CCC(CC)c1cc[n+](C)c(-c2ccccc2C)c1.[2H]C(CC)(CC)c1c[n+](C)c(-c2ccccc2C)cc1C.[2H]C(CC)(CC)c1cc[n+](C)c(-c2ccccc2C)c1. The van der Waals surface area contributed by atoms with E-state index in [0.717, 1.165) is 36.8 Å². The molecule has 0 bridgehead atoms. The van der Waals surface area contributed by atoms with Crippen molar-refractivity contribution in [1.29, 1.82) is 0 Å². The number of aryl methyl sites for hydroxylation is 13. The molecule has 5 heteroatoms. The van der Waals surface area contributed by atoms with Gasteiger partial charge in [0.2, 0.25) is 28.5 Å². The Labute approximate surface area is 599 Å². The van der Waals surface area contributed by atoms with Crippen LogP contribution in [0, 0.1) is 55.4 Å². The van der Waals surface area contributed by atoms with Gasteiger partial charge in [-0.25, -0.2) is 22.8 Å². The summed E-state index contributed by atoms with van der Waals surface area (Å²) in [5.74, 6) is 1.05. The molecule has 5 aromatic carbocycles. The van der Waals surface area contributed by atoms with E-state index < -0.39 is 11.8 Å². The molecule has 0 saturated heterocycles. The average molecular weight is 1320 g/mol. The molecule has 0 atom stereocenters. The van der Waals surface area contributed by atoms with E-state index in [1.807, 2.05) is 0 Å². The largest absolute Gasteiger partial charge is 0.212 e. The third-order valence-corrected chi connectivity index (χ3v) is 20.8. The van der Waals surface area contributed by atoms with Gasteiger partial charge in [0.15, 0.2) is 31.0 Å². The summed E-state index contributed by atoms with van der Waals surface area (Å²) in [5, 5.41) is 0. The summed E-state index contributed by atoms with van der Waals surface area (Å²) in [6, 6.07) is 58.6. The number of hydrogen-bond donors (Lipinski definition) is 0. The Hall–Kier alpha value is -8.15. The van der Waals surface area contributed by atoms with Crippen molar-refractivity contribution in [1.82, 2.24) is 0 Å². The van der Waals surface area contributed by atoms with E-state index in [0.29, 0.717) is 17.8 Å². The van der Waals surface area contributed by atoms with Gasteiger partial charge >= 0.3 is 0 Å². The van der Waals surface area contributed by atoms with E-state index >= 15 is 0 Å². The molecule has 0 aliphatic heterocycles. The Morgan fingerprint density at radius 1 is 0.255 bits per heavy atom. The molecule has 5 heterocycles. The molecule has 0 N–H and O–H groups in total. The first-order chi connectivity index (χ1) is 47.8. The first kappa shape index (κ1) is 75.6. The van der Waals surface area contributed by atoms with Crippen LogP contribution in [0.3, 0.4) is 0 Å². The molecule has 518 valence electrons. The lowest BCUT2D eigenvalue weighted by Gasteiger charge is -2.16. The lowest BCUT2D eigenvalue weighted by Crippen LogP contribution is -2.32. The van der Waals surface area contributed by atoms with Gasteiger partial charge in [-0.1, -0.05) is 160 Å². The average Bonchev–Trinajstić information content (AvgIpc) is 0.805. The number of pyridine rings is 5. The fraction of sp³-hybridized carbons (Fsp3) is 0.409. The molecule has 0 radical (unpaired) electrons. The van der Waals surface area contributed by atoms with Gasteiger partial charge in [-0.3, -0.25) is 0 Å². The normalized spacial score (nSPS) is 11.6. The number of benzene rings is 5. The zero-order valence-electron chi connectivity index (χ0n) is 67.0. The summed E-state index contributed by atoms with van der Waals surface area (Å²) in [4.78, 5) is 0. The Balaban J connectivity index is 0.000000197. The third kappa shape index (κ3) is 20.3. The van der Waals surface area contributed by atoms with Crippen molar-refractivity contribution in [2.24, 2.45) is 35.2 Å². The van der Waals surface area contributed by atoms with Gasteiger partial charge in [0, 0.05) is 89.7 Å². The van der Waals surface area contributed by atoms with Crippen molar-refractivity contribution in [2.75, 3.05) is 0 Å². The Bertz CT molecular complexity index is 4250. The summed E-state index contributed by atoms with van der Waals surface area (Å²) in [6.45, 7) is 39.5. The lowest BCUT2D eigenvalue weighted by molar-refractivity contribution is -0.661. The maximum Gasteiger partial charge on any atom is 0.212 e. The molecule has 0 aliphatic carbocycles. The summed E-state index contributed by atoms with van der Waals surface area (Å²) in [7, 11) is 10.6. The van der Waals surface area contributed by atoms with E-state index in [2.05, 4.69) is 377 Å². The minimum atomic E-state index is -0.480. The third-order valence-electron chi connectivity index (χ3n) is 20.8. The number of hydrogen-bond acceptors (Lipinski definition) is 0. The smallest absolute Gasteiger partial charge is 0.201 e. The van der Waals surface area contributed by atoms with E-state index in [1.165, 1.54) is 156 Å². The van der Waals surface area contributed by atoms with Crippen molar-refractivity contribution >= 4 is 0 Å². The molecule has 5 aromatic heterocycles. The molecule has 0 amide bonds. The minimum absolute atomic E-state index is 0.480. The Morgan fingerprint density at radius 2 is 0.541 bits per heavy atom. The molecule has 0 saturated carbocycles. The standard InChI is InChI=1S/3C19H26N.2C18H24N/c1-6-16(7-2)18-12-19(20(5)13-15(18)4)17-11-9-8-10-14(17)3;2*1-6-16(7-2)18-13-20(5)19(12-15(18)4)17-11-9-8-10-14(17)3;2*1-5-15(6-2)16-11-12-19(4)18(13-16)17-10-8-7-9-14(17)3/h3*8-13,16H,6-7H2,1-5H3;2*7-13,15H,5-6H2,1-4H3/q5*+1/i;16D;;15D;. The molecule has 0 aliphatic rings. The molecule has 98 heavy (non-hydrogen) atoms. The van der Waals surface area contributed by atoms with E-state index in [9.17, 15) is 0 Å². The first-order valence-corrected chi connectivity index (χ1v) is 37.1. The highest BCUT2D eigenvalue weighted by molar-refractivity contribution is 5.65. The molecule has 0 fully saturated rings. The molecule has 5 nitrogen and oxygen atoms in total. The number of nitrogens with zero attached hydrogens (tertiary/aromatic N) is 5. The number of rotatable bonds is 20. The maximum atomic E-state index is 8.70.